The lowest BCUT2D eigenvalue weighted by Crippen LogP contribution is -2.48. The molecule has 2 amide bonds. The van der Waals surface area contributed by atoms with Crippen LogP contribution in [-0.2, 0) is 24.6 Å². The summed E-state index contributed by atoms with van der Waals surface area (Å²) in [5, 5.41) is 6.66. The van der Waals surface area contributed by atoms with E-state index in [1.54, 1.807) is 36.1 Å². The van der Waals surface area contributed by atoms with E-state index in [0.717, 1.165) is 36.5 Å². The Labute approximate surface area is 214 Å². The highest BCUT2D eigenvalue weighted by Crippen LogP contribution is 2.52. The Morgan fingerprint density at radius 1 is 1.13 bits per heavy atom. The van der Waals surface area contributed by atoms with Crippen LogP contribution < -0.4 is 11.2 Å². The van der Waals surface area contributed by atoms with Crippen LogP contribution in [0.1, 0.15) is 40.9 Å². The first-order chi connectivity index (χ1) is 18.1. The number of nitrogen functional groups attached to an aromatic ring is 1. The van der Waals surface area contributed by atoms with Crippen molar-refractivity contribution >= 4 is 39.4 Å². The number of benzene rings is 1. The van der Waals surface area contributed by atoms with Crippen LogP contribution in [0, 0.1) is 17.8 Å². The predicted octanol–water partition coefficient (Wildman–Crippen LogP) is 3.84. The molecule has 3 N–H and O–H groups in total. The number of aromatic nitrogens is 4. The van der Waals surface area contributed by atoms with E-state index in [0.29, 0.717) is 39.5 Å². The molecule has 0 spiro atoms. The van der Waals surface area contributed by atoms with Gasteiger partial charge >= 0.3 is 6.18 Å². The molecule has 12 heteroatoms. The van der Waals surface area contributed by atoms with Gasteiger partial charge in [-0.2, -0.15) is 18.3 Å². The van der Waals surface area contributed by atoms with Crippen molar-refractivity contribution in [2.45, 2.75) is 32.0 Å². The van der Waals surface area contributed by atoms with Gasteiger partial charge in [-0.15, -0.1) is 0 Å². The lowest BCUT2D eigenvalue weighted by molar-refractivity contribution is -0.137. The largest absolute Gasteiger partial charge is 0.417 e. The van der Waals surface area contributed by atoms with Gasteiger partial charge in [0.05, 0.1) is 40.4 Å². The van der Waals surface area contributed by atoms with Crippen molar-refractivity contribution in [1.82, 2.24) is 30.2 Å². The van der Waals surface area contributed by atoms with Crippen molar-refractivity contribution in [2.75, 3.05) is 5.73 Å². The van der Waals surface area contributed by atoms with E-state index in [-0.39, 0.29) is 29.6 Å². The van der Waals surface area contributed by atoms with E-state index in [2.05, 4.69) is 20.5 Å². The Bertz CT molecular complexity index is 1580. The lowest BCUT2D eigenvalue weighted by Gasteiger charge is -2.27. The minimum atomic E-state index is -4.53. The molecule has 1 atom stereocenters. The molecule has 3 aliphatic rings. The molecule has 7 rings (SSSR count). The van der Waals surface area contributed by atoms with E-state index in [1.165, 1.54) is 6.07 Å². The molecule has 38 heavy (non-hydrogen) atoms. The van der Waals surface area contributed by atoms with Gasteiger partial charge in [-0.1, -0.05) is 0 Å². The fraction of sp³-hybridized carbons (Fsp3) is 0.346. The molecular formula is C26H24F3N7O2. The molecule has 0 aliphatic heterocycles. The number of hydrogen-bond acceptors (Lipinski definition) is 6. The highest BCUT2D eigenvalue weighted by Gasteiger charge is 2.48. The normalized spacial score (nSPS) is 20.5. The summed E-state index contributed by atoms with van der Waals surface area (Å²) in [6.07, 6.45) is 0.580. The number of anilines is 1. The minimum absolute atomic E-state index is 0.186. The molecule has 3 saturated carbocycles. The zero-order valence-electron chi connectivity index (χ0n) is 20.4. The van der Waals surface area contributed by atoms with Crippen molar-refractivity contribution in [2.24, 2.45) is 24.8 Å². The number of rotatable bonds is 4. The first-order valence-corrected chi connectivity index (χ1v) is 12.2. The third kappa shape index (κ3) is 4.09. The molecule has 1 unspecified atom stereocenters. The minimum Gasteiger partial charge on any atom is -0.383 e. The van der Waals surface area contributed by atoms with Crippen molar-refractivity contribution in [1.29, 1.82) is 0 Å². The van der Waals surface area contributed by atoms with Gasteiger partial charge < -0.3 is 5.73 Å². The quantitative estimate of drug-likeness (QED) is 0.393. The molecule has 3 aromatic heterocycles. The topological polar surface area (TPSA) is 119 Å². The summed E-state index contributed by atoms with van der Waals surface area (Å²) >= 11 is 0. The highest BCUT2D eigenvalue weighted by atomic mass is 19.4. The van der Waals surface area contributed by atoms with Crippen LogP contribution in [0.3, 0.4) is 0 Å². The molecule has 0 saturated heterocycles. The number of alkyl halides is 3. The molecule has 2 bridgehead atoms. The van der Waals surface area contributed by atoms with Crippen LogP contribution in [0.5, 0.6) is 0 Å². The number of hydrogen-bond donors (Lipinski definition) is 2. The van der Waals surface area contributed by atoms with Gasteiger partial charge in [0.2, 0.25) is 5.91 Å². The number of carbonyl (C=O) groups is 2. The van der Waals surface area contributed by atoms with Crippen molar-refractivity contribution < 1.29 is 22.8 Å². The molecule has 1 aromatic carbocycles. The van der Waals surface area contributed by atoms with Crippen molar-refractivity contribution in [3.05, 3.63) is 59.5 Å². The van der Waals surface area contributed by atoms with Gasteiger partial charge in [0.15, 0.2) is 0 Å². The molecule has 3 heterocycles. The van der Waals surface area contributed by atoms with Gasteiger partial charge in [-0.05, 0) is 61.4 Å². The number of nitrogens with two attached hydrogens (primary N) is 1. The molecule has 9 nitrogen and oxygen atoms in total. The van der Waals surface area contributed by atoms with Crippen LogP contribution >= 0.6 is 0 Å². The molecule has 3 aliphatic carbocycles. The lowest BCUT2D eigenvalue weighted by atomic mass is 9.82. The molecule has 196 valence electrons. The van der Waals surface area contributed by atoms with E-state index in [4.69, 9.17) is 5.73 Å². The van der Waals surface area contributed by atoms with Gasteiger partial charge in [-0.25, -0.2) is 9.99 Å². The Balaban J connectivity index is 1.34. The number of aryl methyl sites for hydroxylation is 1. The van der Waals surface area contributed by atoms with Crippen LogP contribution in [0.2, 0.25) is 0 Å². The summed E-state index contributed by atoms with van der Waals surface area (Å²) in [5.41, 5.74) is 9.65. The third-order valence-corrected chi connectivity index (χ3v) is 7.68. The maximum atomic E-state index is 13.7. The third-order valence-electron chi connectivity index (χ3n) is 7.68. The summed E-state index contributed by atoms with van der Waals surface area (Å²) < 4.78 is 40.7. The number of fused-ring (bicyclic) bond motifs is 4. The average Bonchev–Trinajstić information content (AvgIpc) is 3.58. The Morgan fingerprint density at radius 3 is 2.58 bits per heavy atom. The van der Waals surface area contributed by atoms with Crippen LogP contribution in [0.15, 0.2) is 42.7 Å². The second-order valence-corrected chi connectivity index (χ2v) is 10.1. The number of carbonyl (C=O) groups excluding carboxylic acids is 2. The summed E-state index contributed by atoms with van der Waals surface area (Å²) in [6, 6.07) is 7.00. The maximum Gasteiger partial charge on any atom is 0.417 e. The van der Waals surface area contributed by atoms with E-state index in [1.807, 2.05) is 0 Å². The monoisotopic (exact) mass is 523 g/mol. The predicted molar refractivity (Wildman–Crippen MR) is 132 cm³/mol. The molecule has 4 aromatic rings. The number of amides is 2. The van der Waals surface area contributed by atoms with Crippen molar-refractivity contribution in [3.63, 3.8) is 0 Å². The average molecular weight is 524 g/mol. The van der Waals surface area contributed by atoms with Gasteiger partial charge in [-0.3, -0.25) is 24.7 Å². The Hall–Kier alpha value is -4.22. The van der Waals surface area contributed by atoms with Gasteiger partial charge in [0.25, 0.3) is 5.91 Å². The summed E-state index contributed by atoms with van der Waals surface area (Å²) in [7, 11) is 1.76. The second-order valence-electron chi connectivity index (χ2n) is 10.1. The fourth-order valence-electron chi connectivity index (χ4n) is 5.65. The number of nitrogens with zero attached hydrogens (tertiary/aromatic N) is 5. The van der Waals surface area contributed by atoms with E-state index in [9.17, 15) is 22.8 Å². The second kappa shape index (κ2) is 8.67. The first-order valence-electron chi connectivity index (χ1n) is 12.2. The Morgan fingerprint density at radius 2 is 1.92 bits per heavy atom. The zero-order chi connectivity index (χ0) is 26.8. The summed E-state index contributed by atoms with van der Waals surface area (Å²) in [4.78, 5) is 35.1. The van der Waals surface area contributed by atoms with Crippen molar-refractivity contribution in [3.8, 4) is 0 Å². The number of hydrazine groups is 1. The number of nitrogens with one attached hydrogen (secondary N) is 1. The highest BCUT2D eigenvalue weighted by molar-refractivity contribution is 6.10. The van der Waals surface area contributed by atoms with E-state index >= 15 is 0 Å². The van der Waals surface area contributed by atoms with Crippen LogP contribution in [0.25, 0.3) is 21.8 Å². The molecule has 0 radical (unpaired) electrons. The van der Waals surface area contributed by atoms with Crippen LogP contribution in [-0.4, -0.2) is 36.6 Å². The summed E-state index contributed by atoms with van der Waals surface area (Å²) in [6.45, 7) is -0.206. The number of halogens is 3. The standard InChI is InChI=1S/C26H24F3N7O2/c1-35-22-19-9-14(2-5-21(19)33-23(30)20(22)11-32-35)25(38)36(34-24(37)18-8-13-6-15(18)7-13)12-17-4-3-16(10-31-17)26(27,28)29/h2-5,9-11,13,15,18H,6-8,12H2,1H3,(H2,30,33)(H,34,37). The fourth-order valence-corrected chi connectivity index (χ4v) is 5.65. The summed E-state index contributed by atoms with van der Waals surface area (Å²) in [5.74, 6) is 0.180. The Kier molecular flexibility index (Phi) is 5.51. The molecule has 3 fully saturated rings. The van der Waals surface area contributed by atoms with Gasteiger partial charge in [0.1, 0.15) is 5.82 Å². The number of pyridine rings is 2. The van der Waals surface area contributed by atoms with E-state index < -0.39 is 17.6 Å². The smallest absolute Gasteiger partial charge is 0.383 e. The zero-order valence-corrected chi connectivity index (χ0v) is 20.4. The maximum absolute atomic E-state index is 13.7. The SMILES string of the molecule is Cn1ncc2c(N)nc3ccc(C(=O)N(Cc4ccc(C(F)(F)F)cn4)NC(=O)C4CC5CC4C5)cc3c21. The van der Waals surface area contributed by atoms with Crippen LogP contribution in [0.4, 0.5) is 19.0 Å². The first kappa shape index (κ1) is 24.1. The van der Waals surface area contributed by atoms with Gasteiger partial charge in [0, 0.05) is 30.1 Å². The molecular weight excluding hydrogens is 499 g/mol.